The van der Waals surface area contributed by atoms with Crippen molar-refractivity contribution in [3.63, 3.8) is 0 Å². The molecule has 2 atom stereocenters. The second kappa shape index (κ2) is 5.44. The van der Waals surface area contributed by atoms with Gasteiger partial charge in [-0.1, -0.05) is 63.3 Å². The molecule has 1 aliphatic rings. The van der Waals surface area contributed by atoms with Gasteiger partial charge >= 0.3 is 0 Å². The minimum Gasteiger partial charge on any atom is -0.0843 e. The van der Waals surface area contributed by atoms with Crippen LogP contribution in [0.25, 0.3) is 0 Å². The van der Waals surface area contributed by atoms with Gasteiger partial charge in [-0.15, -0.1) is 0 Å². The van der Waals surface area contributed by atoms with Gasteiger partial charge in [-0.2, -0.15) is 0 Å². The number of benzene rings is 1. The first-order valence-corrected chi connectivity index (χ1v) is 7.30. The minimum atomic E-state index is 0.441. The molecule has 0 heterocycles. The van der Waals surface area contributed by atoms with Gasteiger partial charge in [0.1, 0.15) is 0 Å². The molecular weight excluding hydrogens is 228 g/mol. The summed E-state index contributed by atoms with van der Waals surface area (Å²) >= 11 is 5.94. The predicted molar refractivity (Wildman–Crippen MR) is 75.7 cm³/mol. The molecule has 1 saturated carbocycles. The van der Waals surface area contributed by atoms with Crippen LogP contribution < -0.4 is 0 Å². The maximum absolute atomic E-state index is 5.94. The zero-order chi connectivity index (χ0) is 12.3. The third-order valence-corrected chi connectivity index (χ3v) is 4.57. The van der Waals surface area contributed by atoms with Gasteiger partial charge < -0.3 is 0 Å². The number of unbranched alkanes of at least 4 members (excludes halogenated alkanes) is 3. The minimum absolute atomic E-state index is 0.441. The Bertz CT molecular complexity index is 354. The molecule has 0 aromatic heterocycles. The first-order chi connectivity index (χ1) is 8.16. The summed E-state index contributed by atoms with van der Waals surface area (Å²) in [6.45, 7) is 4.68. The number of hydrogen-bond acceptors (Lipinski definition) is 0. The lowest BCUT2D eigenvalue weighted by atomic mass is 9.93. The van der Waals surface area contributed by atoms with Crippen LogP contribution in [0.3, 0.4) is 0 Å². The zero-order valence-corrected chi connectivity index (χ0v) is 11.8. The molecule has 1 aliphatic carbocycles. The van der Waals surface area contributed by atoms with E-state index in [2.05, 4.69) is 26.0 Å². The molecule has 0 saturated heterocycles. The van der Waals surface area contributed by atoms with Crippen molar-refractivity contribution in [3.05, 3.63) is 34.9 Å². The molecule has 0 radical (unpaired) electrons. The van der Waals surface area contributed by atoms with Gasteiger partial charge in [-0.25, -0.2) is 0 Å². The van der Waals surface area contributed by atoms with Gasteiger partial charge in [0, 0.05) is 5.02 Å². The average Bonchev–Trinajstić information content (AvgIpc) is 2.98. The first-order valence-electron chi connectivity index (χ1n) is 6.93. The predicted octanol–water partition coefficient (Wildman–Crippen LogP) is 5.59. The van der Waals surface area contributed by atoms with Gasteiger partial charge in [0.25, 0.3) is 0 Å². The van der Waals surface area contributed by atoms with Crippen LogP contribution in [0.1, 0.15) is 57.9 Å². The van der Waals surface area contributed by atoms with Gasteiger partial charge in [0.2, 0.25) is 0 Å². The summed E-state index contributed by atoms with van der Waals surface area (Å²) in [4.78, 5) is 0. The Morgan fingerprint density at radius 1 is 1.18 bits per heavy atom. The number of halogens is 1. The van der Waals surface area contributed by atoms with Crippen molar-refractivity contribution in [2.24, 2.45) is 5.92 Å². The highest BCUT2D eigenvalue weighted by atomic mass is 35.5. The Labute approximate surface area is 110 Å². The fourth-order valence-corrected chi connectivity index (χ4v) is 3.00. The SMILES string of the molecule is CCCCCC[C@@H]1C[C@@]1(C)c1ccc(Cl)cc1. The van der Waals surface area contributed by atoms with Crippen LogP contribution in [0, 0.1) is 5.92 Å². The Hall–Kier alpha value is -0.490. The van der Waals surface area contributed by atoms with E-state index in [0.29, 0.717) is 5.41 Å². The van der Waals surface area contributed by atoms with E-state index < -0.39 is 0 Å². The van der Waals surface area contributed by atoms with Gasteiger partial charge in [0.05, 0.1) is 0 Å². The topological polar surface area (TPSA) is 0 Å². The molecule has 0 amide bonds. The van der Waals surface area contributed by atoms with Crippen LogP contribution in [-0.2, 0) is 5.41 Å². The second-order valence-corrected chi connectivity index (χ2v) is 6.11. The Kier molecular flexibility index (Phi) is 4.14. The lowest BCUT2D eigenvalue weighted by Gasteiger charge is -2.12. The van der Waals surface area contributed by atoms with Crippen molar-refractivity contribution in [2.45, 2.75) is 57.8 Å². The van der Waals surface area contributed by atoms with E-state index in [9.17, 15) is 0 Å². The van der Waals surface area contributed by atoms with Gasteiger partial charge in [-0.3, -0.25) is 0 Å². The molecule has 0 N–H and O–H groups in total. The fourth-order valence-electron chi connectivity index (χ4n) is 2.88. The maximum Gasteiger partial charge on any atom is 0.0406 e. The molecule has 1 fully saturated rings. The Balaban J connectivity index is 1.84. The van der Waals surface area contributed by atoms with Crippen molar-refractivity contribution in [1.29, 1.82) is 0 Å². The van der Waals surface area contributed by atoms with E-state index in [1.54, 1.807) is 0 Å². The highest BCUT2D eigenvalue weighted by Crippen LogP contribution is 2.56. The van der Waals surface area contributed by atoms with E-state index in [1.807, 2.05) is 12.1 Å². The lowest BCUT2D eigenvalue weighted by molar-refractivity contribution is 0.551. The summed E-state index contributed by atoms with van der Waals surface area (Å²) in [7, 11) is 0. The molecule has 2 rings (SSSR count). The number of hydrogen-bond donors (Lipinski definition) is 0. The molecule has 1 heteroatoms. The fraction of sp³-hybridized carbons (Fsp3) is 0.625. The van der Waals surface area contributed by atoms with E-state index in [-0.39, 0.29) is 0 Å². The smallest absolute Gasteiger partial charge is 0.0406 e. The van der Waals surface area contributed by atoms with E-state index in [0.717, 1.165) is 10.9 Å². The molecule has 1 aromatic rings. The van der Waals surface area contributed by atoms with Crippen molar-refractivity contribution in [1.82, 2.24) is 0 Å². The van der Waals surface area contributed by atoms with Crippen molar-refractivity contribution in [3.8, 4) is 0 Å². The van der Waals surface area contributed by atoms with Crippen LogP contribution in [0.15, 0.2) is 24.3 Å². The van der Waals surface area contributed by atoms with Crippen LogP contribution in [0.5, 0.6) is 0 Å². The summed E-state index contributed by atoms with van der Waals surface area (Å²) in [5, 5.41) is 0.845. The average molecular weight is 251 g/mol. The first kappa shape index (κ1) is 13.0. The third-order valence-electron chi connectivity index (χ3n) is 4.32. The molecule has 17 heavy (non-hydrogen) atoms. The summed E-state index contributed by atoms with van der Waals surface area (Å²) in [5.41, 5.74) is 1.92. The van der Waals surface area contributed by atoms with Crippen LogP contribution in [0.4, 0.5) is 0 Å². The van der Waals surface area contributed by atoms with Crippen LogP contribution in [-0.4, -0.2) is 0 Å². The third kappa shape index (κ3) is 3.04. The van der Waals surface area contributed by atoms with E-state index >= 15 is 0 Å². The maximum atomic E-state index is 5.94. The standard InChI is InChI=1S/C16H23Cl/c1-3-4-5-6-7-14-12-16(14,2)13-8-10-15(17)11-9-13/h8-11,14H,3-7,12H2,1-2H3/t14-,16+/m1/s1. The highest BCUT2D eigenvalue weighted by Gasteiger charge is 2.50. The Morgan fingerprint density at radius 3 is 2.53 bits per heavy atom. The molecule has 0 aliphatic heterocycles. The largest absolute Gasteiger partial charge is 0.0843 e. The summed E-state index contributed by atoms with van der Waals surface area (Å²) in [6.07, 6.45) is 8.30. The van der Waals surface area contributed by atoms with E-state index in [1.165, 1.54) is 44.1 Å². The number of rotatable bonds is 6. The molecule has 0 spiro atoms. The lowest BCUT2D eigenvalue weighted by Crippen LogP contribution is -2.04. The quantitative estimate of drug-likeness (QED) is 0.578. The summed E-state index contributed by atoms with van der Waals surface area (Å²) < 4.78 is 0. The summed E-state index contributed by atoms with van der Waals surface area (Å²) in [5.74, 6) is 0.903. The van der Waals surface area contributed by atoms with Crippen LogP contribution >= 0.6 is 11.6 Å². The van der Waals surface area contributed by atoms with Gasteiger partial charge in [-0.05, 0) is 41.9 Å². The second-order valence-electron chi connectivity index (χ2n) is 5.67. The van der Waals surface area contributed by atoms with Crippen LogP contribution in [0.2, 0.25) is 5.02 Å². The Morgan fingerprint density at radius 2 is 1.88 bits per heavy atom. The van der Waals surface area contributed by atoms with Crippen molar-refractivity contribution >= 4 is 11.6 Å². The molecule has 0 unspecified atom stereocenters. The monoisotopic (exact) mass is 250 g/mol. The normalized spacial score (nSPS) is 27.1. The molecular formula is C16H23Cl. The molecule has 0 nitrogen and oxygen atoms in total. The molecule has 1 aromatic carbocycles. The molecule has 94 valence electrons. The zero-order valence-electron chi connectivity index (χ0n) is 11.0. The molecule has 0 bridgehead atoms. The van der Waals surface area contributed by atoms with Gasteiger partial charge in [0.15, 0.2) is 0 Å². The van der Waals surface area contributed by atoms with Crippen molar-refractivity contribution in [2.75, 3.05) is 0 Å². The highest BCUT2D eigenvalue weighted by molar-refractivity contribution is 6.30. The summed E-state index contributed by atoms with van der Waals surface area (Å²) in [6, 6.07) is 8.45. The van der Waals surface area contributed by atoms with Crippen molar-refractivity contribution < 1.29 is 0 Å². The van der Waals surface area contributed by atoms with E-state index in [4.69, 9.17) is 11.6 Å².